The van der Waals surface area contributed by atoms with Crippen LogP contribution in [0.2, 0.25) is 0 Å². The molecule has 18 heavy (non-hydrogen) atoms. The fourth-order valence-electron chi connectivity index (χ4n) is 1.41. The number of aromatic nitrogens is 1. The molecule has 1 aromatic heterocycles. The second-order valence-corrected chi connectivity index (χ2v) is 4.35. The molecule has 0 spiro atoms. The van der Waals surface area contributed by atoms with Crippen LogP contribution in [0.4, 0.5) is 5.82 Å². The van der Waals surface area contributed by atoms with E-state index in [4.69, 9.17) is 4.74 Å². The Morgan fingerprint density at radius 2 is 2.00 bits per heavy atom. The third-order valence-corrected chi connectivity index (χ3v) is 2.53. The van der Waals surface area contributed by atoms with Gasteiger partial charge in [0, 0.05) is 26.3 Å². The van der Waals surface area contributed by atoms with E-state index in [0.29, 0.717) is 12.2 Å². The van der Waals surface area contributed by atoms with Gasteiger partial charge in [0.15, 0.2) is 0 Å². The van der Waals surface area contributed by atoms with Gasteiger partial charge in [0.1, 0.15) is 5.82 Å². The van der Waals surface area contributed by atoms with Gasteiger partial charge >= 0.3 is 5.97 Å². The minimum Gasteiger partial charge on any atom is -0.462 e. The first-order valence-corrected chi connectivity index (χ1v) is 6.03. The molecule has 0 N–H and O–H groups in total. The van der Waals surface area contributed by atoms with Crippen LogP contribution in [0.15, 0.2) is 18.3 Å². The van der Waals surface area contributed by atoms with Crippen molar-refractivity contribution in [1.29, 1.82) is 0 Å². The van der Waals surface area contributed by atoms with Crippen molar-refractivity contribution in [3.63, 3.8) is 0 Å². The van der Waals surface area contributed by atoms with Crippen LogP contribution >= 0.6 is 0 Å². The number of hydrogen-bond donors (Lipinski definition) is 0. The summed E-state index contributed by atoms with van der Waals surface area (Å²) in [6.45, 7) is 4.01. The van der Waals surface area contributed by atoms with Gasteiger partial charge in [0.05, 0.1) is 12.2 Å². The van der Waals surface area contributed by atoms with Crippen molar-refractivity contribution in [3.05, 3.63) is 23.9 Å². The lowest BCUT2D eigenvalue weighted by Crippen LogP contribution is -2.29. The van der Waals surface area contributed by atoms with E-state index in [9.17, 15) is 4.79 Å². The van der Waals surface area contributed by atoms with Crippen LogP contribution in [0.3, 0.4) is 0 Å². The molecule has 0 bridgehead atoms. The summed E-state index contributed by atoms with van der Waals surface area (Å²) in [6, 6.07) is 3.58. The molecule has 0 aliphatic carbocycles. The van der Waals surface area contributed by atoms with Crippen molar-refractivity contribution >= 4 is 11.8 Å². The fraction of sp³-hybridized carbons (Fsp3) is 0.538. The quantitative estimate of drug-likeness (QED) is 0.712. The predicted molar refractivity (Wildman–Crippen MR) is 72.0 cm³/mol. The van der Waals surface area contributed by atoms with Crippen LogP contribution in [0, 0.1) is 0 Å². The maximum Gasteiger partial charge on any atom is 0.339 e. The molecule has 1 rings (SSSR count). The van der Waals surface area contributed by atoms with Gasteiger partial charge in [-0.25, -0.2) is 9.78 Å². The third kappa shape index (κ3) is 4.33. The number of rotatable bonds is 6. The molecule has 5 heteroatoms. The van der Waals surface area contributed by atoms with Crippen molar-refractivity contribution in [3.8, 4) is 0 Å². The fourth-order valence-corrected chi connectivity index (χ4v) is 1.41. The van der Waals surface area contributed by atoms with Gasteiger partial charge in [-0.1, -0.05) is 0 Å². The number of esters is 1. The molecule has 5 nitrogen and oxygen atoms in total. The minimum absolute atomic E-state index is 0.326. The molecule has 0 unspecified atom stereocenters. The van der Waals surface area contributed by atoms with Crippen LogP contribution in [0.25, 0.3) is 0 Å². The summed E-state index contributed by atoms with van der Waals surface area (Å²) < 4.78 is 4.91. The molecule has 0 aliphatic rings. The van der Waals surface area contributed by atoms with Gasteiger partial charge < -0.3 is 14.5 Å². The molecule has 0 saturated heterocycles. The topological polar surface area (TPSA) is 45.7 Å². The molecule has 0 atom stereocenters. The molecule has 1 aromatic rings. The Morgan fingerprint density at radius 1 is 1.28 bits per heavy atom. The molecular formula is C13H21N3O2. The standard InChI is InChI=1S/C13H21N3O2/c1-5-18-13(17)11-6-7-12(14-10-11)16(4)9-8-15(2)3/h6-7,10H,5,8-9H2,1-4H3. The lowest BCUT2D eigenvalue weighted by molar-refractivity contribution is 0.0526. The van der Waals surface area contributed by atoms with E-state index in [1.165, 1.54) is 0 Å². The number of likely N-dealkylation sites (N-methyl/N-ethyl adjacent to an activating group) is 2. The molecule has 1 heterocycles. The number of carbonyl (C=O) groups excluding carboxylic acids is 1. The Morgan fingerprint density at radius 3 is 2.50 bits per heavy atom. The number of anilines is 1. The molecule has 0 aliphatic heterocycles. The number of nitrogens with zero attached hydrogens (tertiary/aromatic N) is 3. The largest absolute Gasteiger partial charge is 0.462 e. The summed E-state index contributed by atoms with van der Waals surface area (Å²) in [5.74, 6) is 0.525. The van der Waals surface area contributed by atoms with Crippen LogP contribution in [-0.4, -0.2) is 56.7 Å². The zero-order valence-electron chi connectivity index (χ0n) is 11.5. The van der Waals surface area contributed by atoms with Crippen molar-refractivity contribution in [2.75, 3.05) is 45.7 Å². The van der Waals surface area contributed by atoms with E-state index in [-0.39, 0.29) is 5.97 Å². The van der Waals surface area contributed by atoms with Crippen molar-refractivity contribution in [1.82, 2.24) is 9.88 Å². The smallest absolute Gasteiger partial charge is 0.339 e. The maximum absolute atomic E-state index is 11.5. The first-order valence-electron chi connectivity index (χ1n) is 6.03. The highest BCUT2D eigenvalue weighted by molar-refractivity contribution is 5.89. The molecule has 100 valence electrons. The van der Waals surface area contributed by atoms with Gasteiger partial charge in [-0.05, 0) is 33.2 Å². The number of carbonyl (C=O) groups is 1. The molecular weight excluding hydrogens is 230 g/mol. The summed E-state index contributed by atoms with van der Waals surface area (Å²) in [7, 11) is 6.05. The van der Waals surface area contributed by atoms with E-state index in [2.05, 4.69) is 14.8 Å². The number of ether oxygens (including phenoxy) is 1. The Hall–Kier alpha value is -1.62. The Balaban J connectivity index is 2.61. The van der Waals surface area contributed by atoms with Crippen molar-refractivity contribution in [2.45, 2.75) is 6.92 Å². The van der Waals surface area contributed by atoms with E-state index in [1.807, 2.05) is 27.2 Å². The van der Waals surface area contributed by atoms with Crippen LogP contribution in [-0.2, 0) is 4.74 Å². The molecule has 0 saturated carbocycles. The highest BCUT2D eigenvalue weighted by atomic mass is 16.5. The van der Waals surface area contributed by atoms with E-state index < -0.39 is 0 Å². The second kappa shape index (κ2) is 6.96. The first-order chi connectivity index (χ1) is 8.54. The van der Waals surface area contributed by atoms with Crippen LogP contribution < -0.4 is 4.90 Å². The Kier molecular flexibility index (Phi) is 5.58. The third-order valence-electron chi connectivity index (χ3n) is 2.53. The first kappa shape index (κ1) is 14.4. The Labute approximate surface area is 108 Å². The van der Waals surface area contributed by atoms with E-state index in [1.54, 1.807) is 19.2 Å². The SMILES string of the molecule is CCOC(=O)c1ccc(N(C)CCN(C)C)nc1. The minimum atomic E-state index is -0.326. The zero-order chi connectivity index (χ0) is 13.5. The Bertz CT molecular complexity index is 376. The lowest BCUT2D eigenvalue weighted by atomic mass is 10.3. The lowest BCUT2D eigenvalue weighted by Gasteiger charge is -2.20. The van der Waals surface area contributed by atoms with Crippen molar-refractivity contribution in [2.24, 2.45) is 0 Å². The maximum atomic E-state index is 11.5. The highest BCUT2D eigenvalue weighted by Crippen LogP contribution is 2.10. The van der Waals surface area contributed by atoms with Gasteiger partial charge in [-0.3, -0.25) is 0 Å². The predicted octanol–water partition coefficient (Wildman–Crippen LogP) is 1.26. The van der Waals surface area contributed by atoms with Gasteiger partial charge in [0.2, 0.25) is 0 Å². The molecule has 0 amide bonds. The monoisotopic (exact) mass is 251 g/mol. The summed E-state index contributed by atoms with van der Waals surface area (Å²) in [4.78, 5) is 19.9. The molecule has 0 aromatic carbocycles. The number of hydrogen-bond acceptors (Lipinski definition) is 5. The molecule has 0 fully saturated rings. The summed E-state index contributed by atoms with van der Waals surface area (Å²) >= 11 is 0. The average Bonchev–Trinajstić information content (AvgIpc) is 2.36. The van der Waals surface area contributed by atoms with Gasteiger partial charge in [-0.15, -0.1) is 0 Å². The zero-order valence-corrected chi connectivity index (χ0v) is 11.5. The summed E-state index contributed by atoms with van der Waals surface area (Å²) in [6.07, 6.45) is 1.56. The normalized spacial score (nSPS) is 10.5. The van der Waals surface area contributed by atoms with Gasteiger partial charge in [0.25, 0.3) is 0 Å². The van der Waals surface area contributed by atoms with Crippen LogP contribution in [0.5, 0.6) is 0 Å². The van der Waals surface area contributed by atoms with Crippen molar-refractivity contribution < 1.29 is 9.53 Å². The van der Waals surface area contributed by atoms with E-state index >= 15 is 0 Å². The molecule has 0 radical (unpaired) electrons. The van der Waals surface area contributed by atoms with Gasteiger partial charge in [-0.2, -0.15) is 0 Å². The summed E-state index contributed by atoms with van der Waals surface area (Å²) in [5.41, 5.74) is 0.488. The average molecular weight is 251 g/mol. The highest BCUT2D eigenvalue weighted by Gasteiger charge is 2.08. The summed E-state index contributed by atoms with van der Waals surface area (Å²) in [5, 5.41) is 0. The number of pyridine rings is 1. The second-order valence-electron chi connectivity index (χ2n) is 4.35. The van der Waals surface area contributed by atoms with Crippen LogP contribution in [0.1, 0.15) is 17.3 Å². The van der Waals surface area contributed by atoms with E-state index in [0.717, 1.165) is 18.9 Å².